The number of nitrogens with zero attached hydrogens (tertiary/aromatic N) is 3. The summed E-state index contributed by atoms with van der Waals surface area (Å²) in [6.07, 6.45) is 4.20. The van der Waals surface area contributed by atoms with E-state index in [1.54, 1.807) is 6.20 Å². The Bertz CT molecular complexity index is 467. The van der Waals surface area contributed by atoms with Gasteiger partial charge in [0, 0.05) is 24.8 Å². The topological polar surface area (TPSA) is 63.7 Å². The normalized spacial score (nSPS) is 19.0. The third-order valence-electron chi connectivity index (χ3n) is 3.52. The molecule has 1 aliphatic heterocycles. The Hall–Kier alpha value is -1.05. The number of nitrogens with two attached hydrogens (primary N) is 1. The highest BCUT2D eigenvalue weighted by molar-refractivity contribution is 14.0. The van der Waals surface area contributed by atoms with Crippen molar-refractivity contribution in [1.29, 1.82) is 0 Å². The van der Waals surface area contributed by atoms with Gasteiger partial charge >= 0.3 is 0 Å². The first-order chi connectivity index (χ1) is 9.70. The molecule has 21 heavy (non-hydrogen) atoms. The largest absolute Gasteiger partial charge is 0.478 e. The van der Waals surface area contributed by atoms with Crippen LogP contribution in [0.25, 0.3) is 0 Å². The zero-order valence-corrected chi connectivity index (χ0v) is 15.1. The summed E-state index contributed by atoms with van der Waals surface area (Å²) < 4.78 is 5.50. The molecule has 5 nitrogen and oxygen atoms in total. The number of likely N-dealkylation sites (tertiary alicyclic amines) is 1. The van der Waals surface area contributed by atoms with E-state index in [0.29, 0.717) is 30.9 Å². The van der Waals surface area contributed by atoms with Gasteiger partial charge in [-0.3, -0.25) is 0 Å². The average molecular weight is 404 g/mol. The van der Waals surface area contributed by atoms with E-state index in [-0.39, 0.29) is 24.0 Å². The molecule has 2 heterocycles. The van der Waals surface area contributed by atoms with Gasteiger partial charge in [0.15, 0.2) is 5.96 Å². The lowest BCUT2D eigenvalue weighted by Gasteiger charge is -2.31. The van der Waals surface area contributed by atoms with Crippen LogP contribution < -0.4 is 10.5 Å². The minimum Gasteiger partial charge on any atom is -0.478 e. The zero-order chi connectivity index (χ0) is 14.4. The van der Waals surface area contributed by atoms with Crippen LogP contribution in [-0.2, 0) is 6.54 Å². The number of aliphatic imine (C=N–C) groups is 1. The third-order valence-corrected chi connectivity index (χ3v) is 3.52. The van der Waals surface area contributed by atoms with E-state index in [0.717, 1.165) is 18.7 Å². The van der Waals surface area contributed by atoms with Gasteiger partial charge in [-0.25, -0.2) is 9.98 Å². The molecular weight excluding hydrogens is 379 g/mol. The van der Waals surface area contributed by atoms with Crippen molar-refractivity contribution in [3.63, 3.8) is 0 Å². The number of rotatable bonds is 4. The summed E-state index contributed by atoms with van der Waals surface area (Å²) in [6, 6.07) is 3.88. The summed E-state index contributed by atoms with van der Waals surface area (Å²) in [7, 11) is 0. The van der Waals surface area contributed by atoms with Crippen LogP contribution >= 0.6 is 24.0 Å². The van der Waals surface area contributed by atoms with E-state index < -0.39 is 0 Å². The van der Waals surface area contributed by atoms with Gasteiger partial charge in [-0.2, -0.15) is 0 Å². The molecule has 0 saturated carbocycles. The van der Waals surface area contributed by atoms with E-state index in [4.69, 9.17) is 10.5 Å². The molecule has 0 amide bonds. The fourth-order valence-corrected chi connectivity index (χ4v) is 2.47. The van der Waals surface area contributed by atoms with Crippen LogP contribution in [0.15, 0.2) is 23.3 Å². The van der Waals surface area contributed by atoms with Crippen molar-refractivity contribution < 1.29 is 4.74 Å². The molecule has 1 aliphatic rings. The fourth-order valence-electron chi connectivity index (χ4n) is 2.47. The number of aromatic nitrogens is 1. The molecule has 1 saturated heterocycles. The Morgan fingerprint density at radius 3 is 3.10 bits per heavy atom. The second-order valence-electron chi connectivity index (χ2n) is 5.27. The Morgan fingerprint density at radius 2 is 2.38 bits per heavy atom. The monoisotopic (exact) mass is 404 g/mol. The molecule has 1 atom stereocenters. The highest BCUT2D eigenvalue weighted by Crippen LogP contribution is 2.17. The maximum Gasteiger partial charge on any atom is 0.218 e. The maximum absolute atomic E-state index is 6.10. The van der Waals surface area contributed by atoms with Crippen molar-refractivity contribution in [2.24, 2.45) is 16.6 Å². The minimum atomic E-state index is 0. The Balaban J connectivity index is 0.00000220. The van der Waals surface area contributed by atoms with Gasteiger partial charge in [0.1, 0.15) is 0 Å². The zero-order valence-electron chi connectivity index (χ0n) is 12.8. The Morgan fingerprint density at radius 1 is 1.57 bits per heavy atom. The van der Waals surface area contributed by atoms with Gasteiger partial charge in [0.05, 0.1) is 13.2 Å². The molecule has 1 unspecified atom stereocenters. The predicted octanol–water partition coefficient (Wildman–Crippen LogP) is 2.64. The molecule has 2 N–H and O–H groups in total. The van der Waals surface area contributed by atoms with E-state index in [1.165, 1.54) is 12.8 Å². The number of hydrogen-bond acceptors (Lipinski definition) is 3. The number of guanidine groups is 1. The van der Waals surface area contributed by atoms with Crippen LogP contribution in [0.3, 0.4) is 0 Å². The molecule has 1 fully saturated rings. The van der Waals surface area contributed by atoms with Crippen LogP contribution in [-0.4, -0.2) is 35.5 Å². The van der Waals surface area contributed by atoms with Crippen molar-refractivity contribution in [3.8, 4) is 5.88 Å². The molecule has 0 aliphatic carbocycles. The van der Waals surface area contributed by atoms with E-state index in [9.17, 15) is 0 Å². The highest BCUT2D eigenvalue weighted by Gasteiger charge is 2.17. The van der Waals surface area contributed by atoms with Gasteiger partial charge in [0.25, 0.3) is 0 Å². The second kappa shape index (κ2) is 9.07. The average Bonchev–Trinajstić information content (AvgIpc) is 2.46. The van der Waals surface area contributed by atoms with Crippen LogP contribution in [0.2, 0.25) is 0 Å². The molecule has 118 valence electrons. The first-order valence-electron chi connectivity index (χ1n) is 7.32. The quantitative estimate of drug-likeness (QED) is 0.476. The summed E-state index contributed by atoms with van der Waals surface area (Å²) in [5.74, 6) is 1.97. The van der Waals surface area contributed by atoms with Gasteiger partial charge < -0.3 is 15.4 Å². The Kier molecular flexibility index (Phi) is 7.77. The number of ether oxygens (including phenoxy) is 1. The molecule has 0 aromatic carbocycles. The molecule has 0 radical (unpaired) electrons. The number of hydrogen-bond donors (Lipinski definition) is 1. The van der Waals surface area contributed by atoms with Crippen molar-refractivity contribution in [3.05, 3.63) is 23.9 Å². The lowest BCUT2D eigenvalue weighted by Crippen LogP contribution is -2.43. The lowest BCUT2D eigenvalue weighted by molar-refractivity contribution is 0.270. The third kappa shape index (κ3) is 5.33. The van der Waals surface area contributed by atoms with Gasteiger partial charge in [0.2, 0.25) is 5.88 Å². The van der Waals surface area contributed by atoms with E-state index >= 15 is 0 Å². The first-order valence-corrected chi connectivity index (χ1v) is 7.32. The first kappa shape index (κ1) is 18.0. The van der Waals surface area contributed by atoms with Crippen molar-refractivity contribution in [2.45, 2.75) is 33.2 Å². The standard InChI is InChI=1S/C15H24N4O.HI/c1-3-20-14-13(7-4-8-17-14)10-18-15(16)19-9-5-6-12(2)11-19;/h4,7-8,12H,3,5-6,9-11H2,1-2H3,(H2,16,18);1H. The van der Waals surface area contributed by atoms with Crippen LogP contribution in [0.4, 0.5) is 0 Å². The van der Waals surface area contributed by atoms with Gasteiger partial charge in [-0.1, -0.05) is 13.0 Å². The van der Waals surface area contributed by atoms with Gasteiger partial charge in [-0.15, -0.1) is 24.0 Å². The molecule has 0 spiro atoms. The molecule has 0 bridgehead atoms. The smallest absolute Gasteiger partial charge is 0.218 e. The maximum atomic E-state index is 6.10. The summed E-state index contributed by atoms with van der Waals surface area (Å²) in [5.41, 5.74) is 7.07. The molecule has 1 aromatic heterocycles. The number of pyridine rings is 1. The van der Waals surface area contributed by atoms with Crippen molar-refractivity contribution in [2.75, 3.05) is 19.7 Å². The van der Waals surface area contributed by atoms with E-state index in [1.807, 2.05) is 19.1 Å². The number of halogens is 1. The lowest BCUT2D eigenvalue weighted by atomic mass is 10.0. The summed E-state index contributed by atoms with van der Waals surface area (Å²) >= 11 is 0. The number of piperidine rings is 1. The summed E-state index contributed by atoms with van der Waals surface area (Å²) in [4.78, 5) is 10.9. The van der Waals surface area contributed by atoms with E-state index in [2.05, 4.69) is 21.8 Å². The SMILES string of the molecule is CCOc1ncccc1CN=C(N)N1CCCC(C)C1.I. The van der Waals surface area contributed by atoms with Crippen molar-refractivity contribution in [1.82, 2.24) is 9.88 Å². The summed E-state index contributed by atoms with van der Waals surface area (Å²) in [5, 5.41) is 0. The fraction of sp³-hybridized carbons (Fsp3) is 0.600. The molecular formula is C15H25IN4O. The summed E-state index contributed by atoms with van der Waals surface area (Å²) in [6.45, 7) is 7.33. The Labute approximate surface area is 144 Å². The van der Waals surface area contributed by atoms with Gasteiger partial charge in [-0.05, 0) is 31.7 Å². The van der Waals surface area contributed by atoms with Crippen LogP contribution in [0.1, 0.15) is 32.3 Å². The molecule has 6 heteroatoms. The molecule has 1 aromatic rings. The van der Waals surface area contributed by atoms with Crippen LogP contribution in [0, 0.1) is 5.92 Å². The van der Waals surface area contributed by atoms with Crippen LogP contribution in [0.5, 0.6) is 5.88 Å². The highest BCUT2D eigenvalue weighted by atomic mass is 127. The second-order valence-corrected chi connectivity index (χ2v) is 5.27. The predicted molar refractivity (Wildman–Crippen MR) is 96.1 cm³/mol. The van der Waals surface area contributed by atoms with Crippen molar-refractivity contribution >= 4 is 29.9 Å². The molecule has 2 rings (SSSR count). The minimum absolute atomic E-state index is 0.